The maximum atomic E-state index is 12.2. The van der Waals surface area contributed by atoms with Crippen LogP contribution in [-0.2, 0) is 9.53 Å². The minimum atomic E-state index is -1.18. The lowest BCUT2D eigenvalue weighted by molar-refractivity contribution is -0.127. The monoisotopic (exact) mass is 322 g/mol. The van der Waals surface area contributed by atoms with Gasteiger partial charge in [0, 0.05) is 5.56 Å². The number of carbonyl (C=O) groups is 2. The van der Waals surface area contributed by atoms with Gasteiger partial charge in [-0.2, -0.15) is 9.90 Å². The molecule has 1 aromatic heterocycles. The SMILES string of the molecule is NC(=O)C(OC(=O)c1cnn(-c2ccccc2)n1)c1ccccc1. The Morgan fingerprint density at radius 2 is 1.62 bits per heavy atom. The van der Waals surface area contributed by atoms with Gasteiger partial charge in [-0.25, -0.2) is 4.79 Å². The van der Waals surface area contributed by atoms with Crippen LogP contribution in [0.5, 0.6) is 0 Å². The van der Waals surface area contributed by atoms with Gasteiger partial charge in [0.2, 0.25) is 6.10 Å². The summed E-state index contributed by atoms with van der Waals surface area (Å²) in [5.41, 5.74) is 6.52. The fourth-order valence-electron chi connectivity index (χ4n) is 2.13. The molecule has 0 bridgehead atoms. The first-order valence-electron chi connectivity index (χ1n) is 7.18. The van der Waals surface area contributed by atoms with Crippen LogP contribution in [0.1, 0.15) is 22.2 Å². The molecule has 0 saturated carbocycles. The Bertz CT molecular complexity index is 847. The molecule has 0 aliphatic rings. The molecule has 7 nitrogen and oxygen atoms in total. The van der Waals surface area contributed by atoms with E-state index >= 15 is 0 Å². The van der Waals surface area contributed by atoms with E-state index < -0.39 is 18.0 Å². The first kappa shape index (κ1) is 15.4. The Balaban J connectivity index is 1.79. The summed E-state index contributed by atoms with van der Waals surface area (Å²) >= 11 is 0. The molecule has 2 aromatic carbocycles. The Hall–Kier alpha value is -3.48. The van der Waals surface area contributed by atoms with E-state index in [2.05, 4.69) is 10.2 Å². The maximum absolute atomic E-state index is 12.2. The number of aromatic nitrogens is 3. The fourth-order valence-corrected chi connectivity index (χ4v) is 2.13. The molecule has 2 N–H and O–H groups in total. The molecule has 1 amide bonds. The van der Waals surface area contributed by atoms with Crippen LogP contribution in [0.2, 0.25) is 0 Å². The number of benzene rings is 2. The molecule has 0 spiro atoms. The van der Waals surface area contributed by atoms with Crippen molar-refractivity contribution in [2.75, 3.05) is 0 Å². The number of hydrogen-bond acceptors (Lipinski definition) is 5. The standard InChI is InChI=1S/C17H14N4O3/c18-16(22)15(12-7-3-1-4-8-12)24-17(23)14-11-19-21(20-14)13-9-5-2-6-10-13/h1-11,15H,(H2,18,22). The number of hydrogen-bond donors (Lipinski definition) is 1. The smallest absolute Gasteiger partial charge is 0.361 e. The number of carbonyl (C=O) groups excluding carboxylic acids is 2. The van der Waals surface area contributed by atoms with Gasteiger partial charge in [-0.15, -0.1) is 5.10 Å². The zero-order valence-corrected chi connectivity index (χ0v) is 12.6. The van der Waals surface area contributed by atoms with Crippen LogP contribution in [0.3, 0.4) is 0 Å². The van der Waals surface area contributed by atoms with Crippen LogP contribution < -0.4 is 5.73 Å². The van der Waals surface area contributed by atoms with Gasteiger partial charge in [-0.3, -0.25) is 4.79 Å². The molecule has 0 aliphatic heterocycles. The maximum Gasteiger partial charge on any atom is 0.361 e. The second-order valence-corrected chi connectivity index (χ2v) is 4.95. The quantitative estimate of drug-likeness (QED) is 0.720. The minimum absolute atomic E-state index is 0.0129. The van der Waals surface area contributed by atoms with Crippen molar-refractivity contribution in [3.63, 3.8) is 0 Å². The Kier molecular flexibility index (Phi) is 4.33. The summed E-state index contributed by atoms with van der Waals surface area (Å²) in [5, 5.41) is 8.09. The van der Waals surface area contributed by atoms with Gasteiger partial charge >= 0.3 is 5.97 Å². The highest BCUT2D eigenvalue weighted by Gasteiger charge is 2.24. The highest BCUT2D eigenvalue weighted by molar-refractivity contribution is 5.90. The molecule has 1 atom stereocenters. The van der Waals surface area contributed by atoms with Gasteiger partial charge in [0.15, 0.2) is 5.69 Å². The van der Waals surface area contributed by atoms with Crippen LogP contribution in [-0.4, -0.2) is 26.9 Å². The molecule has 7 heteroatoms. The lowest BCUT2D eigenvalue weighted by Crippen LogP contribution is -2.26. The molecular formula is C17H14N4O3. The summed E-state index contributed by atoms with van der Waals surface area (Å²) in [6.07, 6.45) is 0.0961. The van der Waals surface area contributed by atoms with E-state index in [0.717, 1.165) is 0 Å². The van der Waals surface area contributed by atoms with Gasteiger partial charge in [0.25, 0.3) is 5.91 Å². The zero-order valence-electron chi connectivity index (χ0n) is 12.6. The molecule has 0 fully saturated rings. The summed E-state index contributed by atoms with van der Waals surface area (Å²) in [7, 11) is 0. The Labute approximate surface area is 137 Å². The number of nitrogens with zero attached hydrogens (tertiary/aromatic N) is 3. The summed E-state index contributed by atoms with van der Waals surface area (Å²) in [4.78, 5) is 25.1. The van der Waals surface area contributed by atoms with Crippen LogP contribution in [0.15, 0.2) is 66.9 Å². The average molecular weight is 322 g/mol. The van der Waals surface area contributed by atoms with Crippen molar-refractivity contribution in [3.8, 4) is 5.69 Å². The molecule has 0 aliphatic carbocycles. The predicted octanol–water partition coefficient (Wildman–Crippen LogP) is 1.65. The highest BCUT2D eigenvalue weighted by atomic mass is 16.5. The topological polar surface area (TPSA) is 100 Å². The Morgan fingerprint density at radius 1 is 1.00 bits per heavy atom. The largest absolute Gasteiger partial charge is 0.442 e. The number of amides is 1. The molecular weight excluding hydrogens is 308 g/mol. The number of ether oxygens (including phenoxy) is 1. The average Bonchev–Trinajstić information content (AvgIpc) is 3.11. The van der Waals surface area contributed by atoms with E-state index in [4.69, 9.17) is 10.5 Å². The number of esters is 1. The first-order chi connectivity index (χ1) is 11.6. The van der Waals surface area contributed by atoms with Crippen molar-refractivity contribution in [2.45, 2.75) is 6.10 Å². The minimum Gasteiger partial charge on any atom is -0.442 e. The van der Waals surface area contributed by atoms with Gasteiger partial charge < -0.3 is 10.5 Å². The lowest BCUT2D eigenvalue weighted by Gasteiger charge is -2.13. The van der Waals surface area contributed by atoms with Crippen LogP contribution >= 0.6 is 0 Å². The third-order valence-electron chi connectivity index (χ3n) is 3.27. The number of rotatable bonds is 5. The van der Waals surface area contributed by atoms with E-state index in [9.17, 15) is 9.59 Å². The van der Waals surface area contributed by atoms with E-state index in [-0.39, 0.29) is 5.69 Å². The van der Waals surface area contributed by atoms with E-state index in [1.54, 1.807) is 42.5 Å². The van der Waals surface area contributed by atoms with Crippen molar-refractivity contribution < 1.29 is 14.3 Å². The van der Waals surface area contributed by atoms with E-state index in [0.29, 0.717) is 11.3 Å². The molecule has 1 heterocycles. The second kappa shape index (κ2) is 6.74. The van der Waals surface area contributed by atoms with Crippen molar-refractivity contribution in [1.82, 2.24) is 15.0 Å². The van der Waals surface area contributed by atoms with Gasteiger partial charge in [-0.1, -0.05) is 48.5 Å². The van der Waals surface area contributed by atoms with Gasteiger partial charge in [-0.05, 0) is 12.1 Å². The van der Waals surface area contributed by atoms with Gasteiger partial charge in [0.05, 0.1) is 11.9 Å². The first-order valence-corrected chi connectivity index (χ1v) is 7.18. The van der Waals surface area contributed by atoms with Crippen LogP contribution in [0.25, 0.3) is 5.69 Å². The molecule has 120 valence electrons. The summed E-state index contributed by atoms with van der Waals surface area (Å²) in [6, 6.07) is 17.7. The summed E-state index contributed by atoms with van der Waals surface area (Å²) < 4.78 is 5.20. The van der Waals surface area contributed by atoms with Crippen molar-refractivity contribution >= 4 is 11.9 Å². The lowest BCUT2D eigenvalue weighted by atomic mass is 10.1. The summed E-state index contributed by atoms with van der Waals surface area (Å²) in [5.74, 6) is -1.53. The predicted molar refractivity (Wildman–Crippen MR) is 85.2 cm³/mol. The third-order valence-corrected chi connectivity index (χ3v) is 3.27. The Morgan fingerprint density at radius 3 is 2.25 bits per heavy atom. The summed E-state index contributed by atoms with van der Waals surface area (Å²) in [6.45, 7) is 0. The fraction of sp³-hybridized carbons (Fsp3) is 0.0588. The molecule has 0 saturated heterocycles. The van der Waals surface area contributed by atoms with E-state index in [1.165, 1.54) is 11.0 Å². The molecule has 0 radical (unpaired) electrons. The number of primary amides is 1. The van der Waals surface area contributed by atoms with E-state index in [1.807, 2.05) is 18.2 Å². The zero-order chi connectivity index (χ0) is 16.9. The highest BCUT2D eigenvalue weighted by Crippen LogP contribution is 2.18. The van der Waals surface area contributed by atoms with Gasteiger partial charge in [0.1, 0.15) is 0 Å². The second-order valence-electron chi connectivity index (χ2n) is 4.95. The number of para-hydroxylation sites is 1. The van der Waals surface area contributed by atoms with Crippen LogP contribution in [0, 0.1) is 0 Å². The molecule has 3 rings (SSSR count). The van der Waals surface area contributed by atoms with Crippen molar-refractivity contribution in [1.29, 1.82) is 0 Å². The molecule has 1 unspecified atom stereocenters. The normalized spacial score (nSPS) is 11.7. The van der Waals surface area contributed by atoms with Crippen LogP contribution in [0.4, 0.5) is 0 Å². The molecule has 24 heavy (non-hydrogen) atoms. The molecule has 3 aromatic rings. The van der Waals surface area contributed by atoms with Crippen molar-refractivity contribution in [3.05, 3.63) is 78.1 Å². The van der Waals surface area contributed by atoms with Crippen molar-refractivity contribution in [2.24, 2.45) is 5.73 Å². The third kappa shape index (κ3) is 3.30. The number of nitrogens with two attached hydrogens (primary N) is 1.